The molecule has 7 heteroatoms. The molecule has 1 aromatic carbocycles. The number of nitrogens with zero attached hydrogens (tertiary/aromatic N) is 3. The highest BCUT2D eigenvalue weighted by Crippen LogP contribution is 2.18. The van der Waals surface area contributed by atoms with E-state index in [1.807, 2.05) is 14.0 Å². The van der Waals surface area contributed by atoms with Crippen LogP contribution in [0.3, 0.4) is 0 Å². The summed E-state index contributed by atoms with van der Waals surface area (Å²) >= 11 is 0. The first-order valence-corrected chi connectivity index (χ1v) is 9.22. The Labute approximate surface area is 173 Å². The number of nitrogens with one attached hydrogen (secondary N) is 1. The van der Waals surface area contributed by atoms with E-state index in [1.54, 1.807) is 18.2 Å². The van der Waals surface area contributed by atoms with E-state index < -0.39 is 11.9 Å². The maximum absolute atomic E-state index is 13.8. The number of likely N-dealkylation sites (tertiary alicyclic amines) is 1. The van der Waals surface area contributed by atoms with Crippen molar-refractivity contribution in [2.24, 2.45) is 4.99 Å². The molecule has 1 aliphatic rings. The second kappa shape index (κ2) is 11.7. The van der Waals surface area contributed by atoms with Crippen molar-refractivity contribution in [2.75, 3.05) is 39.8 Å². The van der Waals surface area contributed by atoms with E-state index in [1.165, 1.54) is 18.9 Å². The molecule has 0 saturated carbocycles. The van der Waals surface area contributed by atoms with E-state index in [9.17, 15) is 9.50 Å². The third-order valence-corrected chi connectivity index (χ3v) is 4.76. The summed E-state index contributed by atoms with van der Waals surface area (Å²) in [6.45, 7) is 8.23. The summed E-state index contributed by atoms with van der Waals surface area (Å²) in [5.41, 5.74) is 0.290. The topological polar surface area (TPSA) is 51.1 Å². The summed E-state index contributed by atoms with van der Waals surface area (Å²) in [6, 6.07) is 6.84. The van der Waals surface area contributed by atoms with Crippen LogP contribution in [0.2, 0.25) is 0 Å². The summed E-state index contributed by atoms with van der Waals surface area (Å²) in [4.78, 5) is 9.12. The van der Waals surface area contributed by atoms with Gasteiger partial charge in [0.1, 0.15) is 11.9 Å². The molecule has 1 aromatic rings. The monoisotopic (exact) mass is 478 g/mol. The molecule has 0 bridgehead atoms. The number of aliphatic hydroxyl groups excluding tert-OH is 1. The van der Waals surface area contributed by atoms with Gasteiger partial charge < -0.3 is 15.3 Å². The van der Waals surface area contributed by atoms with Gasteiger partial charge in [-0.15, -0.1) is 24.0 Å². The molecular weight excluding hydrogens is 446 g/mol. The molecule has 0 radical (unpaired) electrons. The number of guanidine groups is 1. The van der Waals surface area contributed by atoms with Crippen LogP contribution in [0.15, 0.2) is 29.3 Å². The molecule has 2 unspecified atom stereocenters. The predicted molar refractivity (Wildman–Crippen MR) is 116 cm³/mol. The lowest BCUT2D eigenvalue weighted by molar-refractivity contribution is 0.181. The van der Waals surface area contributed by atoms with Crippen molar-refractivity contribution in [2.45, 2.75) is 38.8 Å². The van der Waals surface area contributed by atoms with Gasteiger partial charge in [0.2, 0.25) is 0 Å². The first-order valence-electron chi connectivity index (χ1n) is 9.22. The zero-order valence-corrected chi connectivity index (χ0v) is 18.3. The average Bonchev–Trinajstić information content (AvgIpc) is 3.05. The first kappa shape index (κ1) is 23.1. The Morgan fingerprint density at radius 3 is 2.81 bits per heavy atom. The van der Waals surface area contributed by atoms with Gasteiger partial charge in [-0.25, -0.2) is 4.39 Å². The van der Waals surface area contributed by atoms with Gasteiger partial charge in [-0.3, -0.25) is 9.89 Å². The minimum atomic E-state index is -0.943. The number of aliphatic hydroxyl groups is 1. The van der Waals surface area contributed by atoms with Crippen molar-refractivity contribution in [1.29, 1.82) is 0 Å². The number of hydrogen-bond acceptors (Lipinski definition) is 3. The number of likely N-dealkylation sites (N-methyl/N-ethyl adjacent to an activating group) is 2. The van der Waals surface area contributed by atoms with Gasteiger partial charge in [0.25, 0.3) is 0 Å². The van der Waals surface area contributed by atoms with E-state index in [0.29, 0.717) is 6.04 Å². The highest BCUT2D eigenvalue weighted by atomic mass is 127. The number of halogens is 2. The first-order chi connectivity index (χ1) is 12.1. The Morgan fingerprint density at radius 1 is 1.42 bits per heavy atom. The molecule has 1 fully saturated rings. The smallest absolute Gasteiger partial charge is 0.193 e. The second-order valence-electron chi connectivity index (χ2n) is 6.54. The van der Waals surface area contributed by atoms with Crippen molar-refractivity contribution in [3.8, 4) is 0 Å². The zero-order valence-electron chi connectivity index (χ0n) is 16.0. The highest BCUT2D eigenvalue weighted by molar-refractivity contribution is 14.0. The van der Waals surface area contributed by atoms with Crippen molar-refractivity contribution in [1.82, 2.24) is 15.1 Å². The SMILES string of the molecule is CCNC(=NCC(O)c1ccccc1F)N(C)CC1CCCN1CC.I. The summed E-state index contributed by atoms with van der Waals surface area (Å²) in [5.74, 6) is 0.356. The molecular formula is C19H32FIN4O. The molecule has 2 rings (SSSR count). The molecule has 1 aliphatic heterocycles. The molecule has 1 heterocycles. The molecule has 0 spiro atoms. The fourth-order valence-corrected chi connectivity index (χ4v) is 3.41. The molecule has 0 aromatic heterocycles. The van der Waals surface area contributed by atoms with Gasteiger partial charge in [0, 0.05) is 31.7 Å². The largest absolute Gasteiger partial charge is 0.386 e. The fourth-order valence-electron chi connectivity index (χ4n) is 3.41. The lowest BCUT2D eigenvalue weighted by atomic mass is 10.1. The number of benzene rings is 1. The molecule has 148 valence electrons. The van der Waals surface area contributed by atoms with E-state index in [2.05, 4.69) is 27.0 Å². The molecule has 26 heavy (non-hydrogen) atoms. The van der Waals surface area contributed by atoms with Crippen LogP contribution in [0.1, 0.15) is 38.4 Å². The quantitative estimate of drug-likeness (QED) is 0.360. The van der Waals surface area contributed by atoms with Crippen LogP contribution >= 0.6 is 24.0 Å². The van der Waals surface area contributed by atoms with Gasteiger partial charge in [-0.1, -0.05) is 25.1 Å². The second-order valence-corrected chi connectivity index (χ2v) is 6.54. The van der Waals surface area contributed by atoms with Gasteiger partial charge >= 0.3 is 0 Å². The minimum Gasteiger partial charge on any atom is -0.386 e. The molecule has 0 aliphatic carbocycles. The Morgan fingerprint density at radius 2 is 2.15 bits per heavy atom. The highest BCUT2D eigenvalue weighted by Gasteiger charge is 2.25. The summed E-state index contributed by atoms with van der Waals surface area (Å²) in [5, 5.41) is 13.5. The summed E-state index contributed by atoms with van der Waals surface area (Å²) in [7, 11) is 2.02. The Kier molecular flexibility index (Phi) is 10.4. The Balaban J connectivity index is 0.00000338. The number of rotatable bonds is 7. The van der Waals surface area contributed by atoms with Crippen molar-refractivity contribution >= 4 is 29.9 Å². The Bertz CT molecular complexity index is 572. The minimum absolute atomic E-state index is 0. The summed E-state index contributed by atoms with van der Waals surface area (Å²) in [6.07, 6.45) is 1.50. The molecule has 0 amide bonds. The van der Waals surface area contributed by atoms with Crippen LogP contribution in [0.5, 0.6) is 0 Å². The molecule has 2 atom stereocenters. The van der Waals surface area contributed by atoms with Crippen LogP contribution in [0, 0.1) is 5.82 Å². The standard InChI is InChI=1S/C19H31FN4O.HI/c1-4-21-19(23(3)14-15-9-8-12-24(15)5-2)22-13-18(25)16-10-6-7-11-17(16)20;/h6-7,10-11,15,18,25H,4-5,8-9,12-14H2,1-3H3,(H,21,22);1H. The average molecular weight is 478 g/mol. The normalized spacial score (nSPS) is 19.1. The third-order valence-electron chi connectivity index (χ3n) is 4.76. The van der Waals surface area contributed by atoms with Crippen LogP contribution in [-0.2, 0) is 0 Å². The lowest BCUT2D eigenvalue weighted by Gasteiger charge is -2.30. The van der Waals surface area contributed by atoms with E-state index in [-0.39, 0.29) is 36.1 Å². The fraction of sp³-hybridized carbons (Fsp3) is 0.632. The third kappa shape index (κ3) is 6.35. The van der Waals surface area contributed by atoms with Crippen molar-refractivity contribution in [3.05, 3.63) is 35.6 Å². The van der Waals surface area contributed by atoms with Crippen molar-refractivity contribution < 1.29 is 9.50 Å². The van der Waals surface area contributed by atoms with Crippen LogP contribution in [-0.4, -0.2) is 66.7 Å². The zero-order chi connectivity index (χ0) is 18.2. The Hall–Kier alpha value is -0.930. The number of aliphatic imine (C=N–C) groups is 1. The van der Waals surface area contributed by atoms with Gasteiger partial charge in [0.15, 0.2) is 5.96 Å². The lowest BCUT2D eigenvalue weighted by Crippen LogP contribution is -2.46. The van der Waals surface area contributed by atoms with Gasteiger partial charge in [-0.2, -0.15) is 0 Å². The van der Waals surface area contributed by atoms with E-state index >= 15 is 0 Å². The molecule has 1 saturated heterocycles. The van der Waals surface area contributed by atoms with E-state index in [0.717, 1.165) is 32.1 Å². The predicted octanol–water partition coefficient (Wildman–Crippen LogP) is 2.86. The maximum Gasteiger partial charge on any atom is 0.193 e. The molecule has 2 N–H and O–H groups in total. The van der Waals surface area contributed by atoms with E-state index in [4.69, 9.17) is 0 Å². The number of hydrogen-bond donors (Lipinski definition) is 2. The molecule has 5 nitrogen and oxygen atoms in total. The maximum atomic E-state index is 13.8. The van der Waals surface area contributed by atoms with Gasteiger partial charge in [0.05, 0.1) is 6.54 Å². The summed E-state index contributed by atoms with van der Waals surface area (Å²) < 4.78 is 13.8. The van der Waals surface area contributed by atoms with Crippen LogP contribution in [0.25, 0.3) is 0 Å². The van der Waals surface area contributed by atoms with Crippen LogP contribution < -0.4 is 5.32 Å². The van der Waals surface area contributed by atoms with Gasteiger partial charge in [-0.05, 0) is 38.9 Å². The van der Waals surface area contributed by atoms with Crippen molar-refractivity contribution in [3.63, 3.8) is 0 Å². The van der Waals surface area contributed by atoms with Crippen LogP contribution in [0.4, 0.5) is 4.39 Å².